The van der Waals surface area contributed by atoms with Gasteiger partial charge in [-0.1, -0.05) is 19.9 Å². The predicted octanol–water partition coefficient (Wildman–Crippen LogP) is 2.92. The number of ether oxygens (including phenoxy) is 2. The minimum atomic E-state index is -0.748. The topological polar surface area (TPSA) is 72.8 Å². The van der Waals surface area contributed by atoms with Crippen molar-refractivity contribution in [1.82, 2.24) is 0 Å². The molecule has 0 aromatic carbocycles. The first-order valence-electron chi connectivity index (χ1n) is 9.15. The van der Waals surface area contributed by atoms with Crippen LogP contribution in [0.4, 0.5) is 0 Å². The lowest BCUT2D eigenvalue weighted by Crippen LogP contribution is -2.58. The Morgan fingerprint density at radius 1 is 1.40 bits per heavy atom. The van der Waals surface area contributed by atoms with Crippen LogP contribution in [-0.4, -0.2) is 35.4 Å². The van der Waals surface area contributed by atoms with Crippen molar-refractivity contribution in [3.8, 4) is 0 Å². The van der Waals surface area contributed by atoms with Gasteiger partial charge in [0.05, 0.1) is 6.10 Å². The minimum absolute atomic E-state index is 0.0349. The number of rotatable bonds is 2. The third kappa shape index (κ3) is 2.64. The number of hydrogen-bond acceptors (Lipinski definition) is 5. The van der Waals surface area contributed by atoms with Crippen LogP contribution in [-0.2, 0) is 19.1 Å². The van der Waals surface area contributed by atoms with Crippen LogP contribution < -0.4 is 0 Å². The molecular weight excluding hydrogens is 320 g/mol. The highest BCUT2D eigenvalue weighted by Crippen LogP contribution is 2.57. The molecule has 0 radical (unpaired) electrons. The van der Waals surface area contributed by atoms with Crippen molar-refractivity contribution in [2.24, 2.45) is 17.3 Å². The largest absolute Gasteiger partial charge is 0.459 e. The zero-order valence-corrected chi connectivity index (χ0v) is 15.7. The normalized spacial score (nSPS) is 41.1. The Hall–Kier alpha value is -1.62. The molecule has 5 heteroatoms. The van der Waals surface area contributed by atoms with E-state index in [0.29, 0.717) is 17.6 Å². The Balaban J connectivity index is 1.94. The summed E-state index contributed by atoms with van der Waals surface area (Å²) in [6, 6.07) is 0. The Labute approximate surface area is 149 Å². The number of allylic oxidation sites excluding steroid dienone is 1. The molecule has 3 aliphatic rings. The number of carbonyl (C=O) groups is 2. The van der Waals surface area contributed by atoms with Crippen molar-refractivity contribution >= 4 is 11.9 Å². The summed E-state index contributed by atoms with van der Waals surface area (Å²) in [7, 11) is 0. The van der Waals surface area contributed by atoms with E-state index in [4.69, 9.17) is 9.47 Å². The fraction of sp³-hybridized carbons (Fsp3) is 0.700. The van der Waals surface area contributed by atoms with Gasteiger partial charge < -0.3 is 14.6 Å². The van der Waals surface area contributed by atoms with Crippen LogP contribution in [0.2, 0.25) is 0 Å². The Morgan fingerprint density at radius 3 is 2.72 bits per heavy atom. The van der Waals surface area contributed by atoms with E-state index in [-0.39, 0.29) is 29.9 Å². The summed E-state index contributed by atoms with van der Waals surface area (Å²) in [4.78, 5) is 24.2. The summed E-state index contributed by atoms with van der Waals surface area (Å²) in [6.07, 6.45) is 2.59. The quantitative estimate of drug-likeness (QED) is 0.613. The average Bonchev–Trinajstić information content (AvgIpc) is 2.86. The molecule has 0 aromatic rings. The summed E-state index contributed by atoms with van der Waals surface area (Å²) >= 11 is 0. The van der Waals surface area contributed by atoms with Gasteiger partial charge in [-0.15, -0.1) is 0 Å². The predicted molar refractivity (Wildman–Crippen MR) is 92.5 cm³/mol. The smallest absolute Gasteiger partial charge is 0.334 e. The van der Waals surface area contributed by atoms with Gasteiger partial charge >= 0.3 is 11.9 Å². The molecule has 6 atom stereocenters. The first kappa shape index (κ1) is 18.2. The molecule has 0 spiro atoms. The minimum Gasteiger partial charge on any atom is -0.459 e. The highest BCUT2D eigenvalue weighted by atomic mass is 16.6. The van der Waals surface area contributed by atoms with Crippen molar-refractivity contribution in [3.05, 3.63) is 22.8 Å². The fourth-order valence-corrected chi connectivity index (χ4v) is 4.82. The second-order valence-corrected chi connectivity index (χ2v) is 7.98. The van der Waals surface area contributed by atoms with Crippen molar-refractivity contribution < 1.29 is 24.2 Å². The molecular formula is C20H28O5. The van der Waals surface area contributed by atoms with Crippen LogP contribution >= 0.6 is 0 Å². The Morgan fingerprint density at radius 2 is 2.08 bits per heavy atom. The molecule has 2 saturated carbocycles. The molecule has 0 bridgehead atoms. The molecule has 138 valence electrons. The molecule has 25 heavy (non-hydrogen) atoms. The number of esters is 2. The number of fused-ring (bicyclic) bond motifs is 2. The molecule has 1 heterocycles. The van der Waals surface area contributed by atoms with Crippen LogP contribution in [0, 0.1) is 17.3 Å². The molecule has 5 nitrogen and oxygen atoms in total. The Kier molecular flexibility index (Phi) is 4.56. The van der Waals surface area contributed by atoms with Gasteiger partial charge in [-0.05, 0) is 46.0 Å². The molecule has 0 unspecified atom stereocenters. The summed E-state index contributed by atoms with van der Waals surface area (Å²) in [5, 5.41) is 11.2. The third-order valence-corrected chi connectivity index (χ3v) is 6.89. The van der Waals surface area contributed by atoms with Gasteiger partial charge in [0, 0.05) is 28.1 Å². The third-order valence-electron chi connectivity index (χ3n) is 6.89. The molecule has 1 N–H and O–H groups in total. The molecule has 0 saturated heterocycles. The lowest BCUT2D eigenvalue weighted by atomic mass is 9.52. The van der Waals surface area contributed by atoms with E-state index in [9.17, 15) is 14.7 Å². The van der Waals surface area contributed by atoms with E-state index < -0.39 is 17.6 Å². The zero-order valence-electron chi connectivity index (χ0n) is 15.7. The van der Waals surface area contributed by atoms with E-state index in [2.05, 4.69) is 13.8 Å². The first-order chi connectivity index (χ1) is 11.7. The van der Waals surface area contributed by atoms with Gasteiger partial charge in [-0.2, -0.15) is 0 Å². The number of aliphatic hydroxyl groups is 1. The molecule has 0 amide bonds. The molecule has 1 aliphatic heterocycles. The molecule has 0 aromatic heterocycles. The van der Waals surface area contributed by atoms with Crippen LogP contribution in [0.1, 0.15) is 53.9 Å². The van der Waals surface area contributed by atoms with Gasteiger partial charge in [0.2, 0.25) is 0 Å². The van der Waals surface area contributed by atoms with Crippen molar-refractivity contribution in [3.63, 3.8) is 0 Å². The van der Waals surface area contributed by atoms with Crippen molar-refractivity contribution in [2.45, 2.75) is 72.2 Å². The lowest BCUT2D eigenvalue weighted by Gasteiger charge is -2.56. The van der Waals surface area contributed by atoms with Gasteiger partial charge in [-0.3, -0.25) is 0 Å². The maximum absolute atomic E-state index is 12.3. The number of carbonyl (C=O) groups excluding carboxylic acids is 2. The van der Waals surface area contributed by atoms with Crippen LogP contribution in [0.5, 0.6) is 0 Å². The van der Waals surface area contributed by atoms with Gasteiger partial charge in [0.15, 0.2) is 0 Å². The fourth-order valence-electron chi connectivity index (χ4n) is 4.82. The molecule has 2 aliphatic carbocycles. The maximum Gasteiger partial charge on any atom is 0.334 e. The number of hydrogen-bond donors (Lipinski definition) is 1. The van der Waals surface area contributed by atoms with Crippen LogP contribution in [0.15, 0.2) is 22.8 Å². The summed E-state index contributed by atoms with van der Waals surface area (Å²) in [6.45, 7) is 9.48. The zero-order chi connectivity index (χ0) is 18.5. The lowest BCUT2D eigenvalue weighted by molar-refractivity contribution is -0.177. The molecule has 3 rings (SSSR count). The maximum atomic E-state index is 12.3. The summed E-state index contributed by atoms with van der Waals surface area (Å²) < 4.78 is 11.3. The number of aliphatic hydroxyl groups excluding tert-OH is 1. The summed E-state index contributed by atoms with van der Waals surface area (Å²) in [5.41, 5.74) is 1.41. The van der Waals surface area contributed by atoms with E-state index in [1.54, 1.807) is 19.9 Å². The first-order valence-corrected chi connectivity index (χ1v) is 9.15. The highest BCUT2D eigenvalue weighted by Gasteiger charge is 2.59. The van der Waals surface area contributed by atoms with Gasteiger partial charge in [0.25, 0.3) is 0 Å². The average molecular weight is 348 g/mol. The van der Waals surface area contributed by atoms with E-state index >= 15 is 0 Å². The molecule has 2 fully saturated rings. The monoisotopic (exact) mass is 348 g/mol. The van der Waals surface area contributed by atoms with E-state index in [1.807, 2.05) is 6.92 Å². The van der Waals surface area contributed by atoms with Crippen molar-refractivity contribution in [1.29, 1.82) is 0 Å². The van der Waals surface area contributed by atoms with E-state index in [1.165, 1.54) is 0 Å². The van der Waals surface area contributed by atoms with Crippen molar-refractivity contribution in [2.75, 3.05) is 0 Å². The SMILES string of the molecule is C/C=C(/C)C(=O)O[C@H]1CC[C@H](C)[C@@]2(C)[C@H](O)C3=C(C)C(=O)O[C@H]3C[C@@H]12. The summed E-state index contributed by atoms with van der Waals surface area (Å²) in [5.74, 6) is -0.415. The Bertz CT molecular complexity index is 661. The van der Waals surface area contributed by atoms with Gasteiger partial charge in [0.1, 0.15) is 12.2 Å². The van der Waals surface area contributed by atoms with Gasteiger partial charge in [-0.25, -0.2) is 9.59 Å². The van der Waals surface area contributed by atoms with Crippen LogP contribution in [0.3, 0.4) is 0 Å². The van der Waals surface area contributed by atoms with E-state index in [0.717, 1.165) is 18.4 Å². The standard InChI is InChI=1S/C20H28O5/c1-6-10(2)18(22)24-14-8-7-11(3)20(5)13(14)9-15-16(17(20)21)12(4)19(23)25-15/h6,11,13-15,17,21H,7-9H2,1-5H3/b10-6-/t11-,13-,14-,15-,17+,20+/m0/s1. The highest BCUT2D eigenvalue weighted by molar-refractivity contribution is 5.92. The van der Waals surface area contributed by atoms with Crippen LogP contribution in [0.25, 0.3) is 0 Å². The second-order valence-electron chi connectivity index (χ2n) is 7.98. The second kappa shape index (κ2) is 6.27.